The van der Waals surface area contributed by atoms with Gasteiger partial charge in [0.2, 0.25) is 6.71 Å². The molecule has 4 heteroatoms. The number of hydrogen-bond donors (Lipinski definition) is 0. The van der Waals surface area contributed by atoms with Crippen LogP contribution in [0.15, 0.2) is 125 Å². The third kappa shape index (κ3) is 2.71. The molecule has 4 aliphatic rings. The van der Waals surface area contributed by atoms with E-state index in [1.165, 1.54) is 58.9 Å². The van der Waals surface area contributed by atoms with E-state index in [4.69, 9.17) is 0 Å². The highest BCUT2D eigenvalue weighted by atomic mass is 32.2. The Labute approximate surface area is 241 Å². The minimum absolute atomic E-state index is 0.322. The molecule has 2 atom stereocenters. The topological polar surface area (TPSA) is 3.24 Å². The number of thioether (sulfide) groups is 1. The molecule has 0 saturated heterocycles. The van der Waals surface area contributed by atoms with Gasteiger partial charge in [-0.05, 0) is 73.5 Å². The lowest BCUT2D eigenvalue weighted by Gasteiger charge is -2.45. The monoisotopic (exact) mass is 545 g/mol. The Kier molecular flexibility index (Phi) is 4.37. The Hall–Kier alpha value is -3.73. The number of benzene rings is 5. The molecule has 1 aromatic heterocycles. The standard InChI is InChI=1S/C36H24BNS2/c1-2-11-23(12-3-1)38-29-16-8-15-26-30-27-19-17-21-9-4-6-13-24(21)33(27)39-35(30)37(31(26)29)36-32(38)28-20-18-22-10-5-7-14-25(22)34(28)40-36/h1-7,9-15,17-20,32,36H,8,16H2. The first kappa shape index (κ1) is 22.0. The van der Waals surface area contributed by atoms with Crippen LogP contribution in [0.25, 0.3) is 37.2 Å². The second-order valence-corrected chi connectivity index (χ2v) is 13.7. The van der Waals surface area contributed by atoms with E-state index in [1.54, 1.807) is 15.9 Å². The van der Waals surface area contributed by atoms with Gasteiger partial charge in [-0.3, -0.25) is 0 Å². The molecule has 0 radical (unpaired) electrons. The quantitative estimate of drug-likeness (QED) is 0.190. The van der Waals surface area contributed by atoms with Crippen LogP contribution in [0.3, 0.4) is 0 Å². The average Bonchev–Trinajstić information content (AvgIpc) is 3.68. The fraction of sp³-hybridized carbons (Fsp3) is 0.111. The van der Waals surface area contributed by atoms with E-state index in [9.17, 15) is 0 Å². The highest BCUT2D eigenvalue weighted by Crippen LogP contribution is 2.60. The minimum atomic E-state index is 0.322. The summed E-state index contributed by atoms with van der Waals surface area (Å²) in [5.41, 5.74) is 9.03. The molecule has 2 unspecified atom stereocenters. The van der Waals surface area contributed by atoms with Gasteiger partial charge in [0.05, 0.1) is 6.04 Å². The van der Waals surface area contributed by atoms with Crippen LogP contribution >= 0.6 is 23.1 Å². The molecule has 0 bridgehead atoms. The van der Waals surface area contributed by atoms with Gasteiger partial charge in [0.15, 0.2) is 0 Å². The fourth-order valence-electron chi connectivity index (χ4n) is 7.98. The zero-order valence-corrected chi connectivity index (χ0v) is 23.4. The van der Waals surface area contributed by atoms with Gasteiger partial charge in [0.25, 0.3) is 0 Å². The summed E-state index contributed by atoms with van der Waals surface area (Å²) in [6, 6.07) is 38.9. The molecular formula is C36H24BNS2. The summed E-state index contributed by atoms with van der Waals surface area (Å²) in [6.45, 7) is 0.425. The predicted molar refractivity (Wildman–Crippen MR) is 174 cm³/mol. The molecule has 5 aromatic carbocycles. The molecule has 10 rings (SSSR count). The van der Waals surface area contributed by atoms with Crippen molar-refractivity contribution in [1.29, 1.82) is 0 Å². The van der Waals surface area contributed by atoms with Crippen molar-refractivity contribution in [3.05, 3.63) is 132 Å². The van der Waals surface area contributed by atoms with Gasteiger partial charge in [-0.15, -0.1) is 23.1 Å². The molecule has 0 N–H and O–H groups in total. The molecule has 3 aliphatic heterocycles. The van der Waals surface area contributed by atoms with Crippen LogP contribution in [0.5, 0.6) is 0 Å². The third-order valence-corrected chi connectivity index (χ3v) is 12.3. The highest BCUT2D eigenvalue weighted by molar-refractivity contribution is 8.02. The second-order valence-electron chi connectivity index (χ2n) is 11.4. The summed E-state index contributed by atoms with van der Waals surface area (Å²) >= 11 is 4.22. The van der Waals surface area contributed by atoms with E-state index in [-0.39, 0.29) is 0 Å². The van der Waals surface area contributed by atoms with Crippen molar-refractivity contribution in [1.82, 2.24) is 0 Å². The van der Waals surface area contributed by atoms with Crippen molar-refractivity contribution in [3.63, 3.8) is 0 Å². The summed E-state index contributed by atoms with van der Waals surface area (Å²) in [4.78, 5) is 4.23. The molecule has 1 aliphatic carbocycles. The average molecular weight is 546 g/mol. The van der Waals surface area contributed by atoms with Crippen LogP contribution in [0.2, 0.25) is 0 Å². The highest BCUT2D eigenvalue weighted by Gasteiger charge is 2.56. The number of para-hydroxylation sites is 1. The molecule has 4 heterocycles. The van der Waals surface area contributed by atoms with Crippen LogP contribution in [0.1, 0.15) is 30.0 Å². The van der Waals surface area contributed by atoms with Crippen molar-refractivity contribution in [3.8, 4) is 0 Å². The van der Waals surface area contributed by atoms with Crippen LogP contribution in [-0.2, 0) is 0 Å². The van der Waals surface area contributed by atoms with Crippen molar-refractivity contribution in [2.24, 2.45) is 0 Å². The summed E-state index contributed by atoms with van der Waals surface area (Å²) in [5.74, 6) is 0. The smallest absolute Gasteiger partial charge is 0.242 e. The Bertz CT molecular complexity index is 2120. The van der Waals surface area contributed by atoms with E-state index in [0.717, 1.165) is 12.8 Å². The van der Waals surface area contributed by atoms with Crippen LogP contribution < -0.4 is 9.68 Å². The third-order valence-electron chi connectivity index (χ3n) is 9.53. The molecule has 188 valence electrons. The number of anilines is 1. The molecular weight excluding hydrogens is 521 g/mol. The number of nitrogens with zero attached hydrogens (tertiary/aromatic N) is 1. The van der Waals surface area contributed by atoms with Crippen LogP contribution in [0.4, 0.5) is 5.69 Å². The maximum Gasteiger partial charge on any atom is 0.242 e. The molecule has 40 heavy (non-hydrogen) atoms. The Morgan fingerprint density at radius 1 is 0.725 bits per heavy atom. The predicted octanol–water partition coefficient (Wildman–Crippen LogP) is 9.17. The first-order valence-corrected chi connectivity index (χ1v) is 16.0. The lowest BCUT2D eigenvalue weighted by Crippen LogP contribution is -2.51. The largest absolute Gasteiger partial charge is 0.338 e. The molecule has 6 aromatic rings. The van der Waals surface area contributed by atoms with E-state index in [1.807, 2.05) is 0 Å². The number of hydrogen-bond acceptors (Lipinski definition) is 3. The molecule has 0 amide bonds. The van der Waals surface area contributed by atoms with Gasteiger partial charge in [0, 0.05) is 31.5 Å². The summed E-state index contributed by atoms with van der Waals surface area (Å²) in [6.07, 6.45) is 4.77. The van der Waals surface area contributed by atoms with Gasteiger partial charge >= 0.3 is 0 Å². The summed E-state index contributed by atoms with van der Waals surface area (Å²) in [7, 11) is 0. The van der Waals surface area contributed by atoms with E-state index >= 15 is 0 Å². The Morgan fingerprint density at radius 2 is 1.48 bits per heavy atom. The van der Waals surface area contributed by atoms with E-state index in [0.29, 0.717) is 17.9 Å². The van der Waals surface area contributed by atoms with Crippen molar-refractivity contribution < 1.29 is 0 Å². The lowest BCUT2D eigenvalue weighted by atomic mass is 9.39. The number of fused-ring (bicyclic) bond motifs is 13. The lowest BCUT2D eigenvalue weighted by molar-refractivity contribution is 0.681. The molecule has 0 saturated carbocycles. The maximum absolute atomic E-state index is 2.74. The maximum atomic E-state index is 2.74. The van der Waals surface area contributed by atoms with Crippen LogP contribution in [0, 0.1) is 0 Å². The molecule has 0 fully saturated rings. The normalized spacial score (nSPS) is 20.6. The van der Waals surface area contributed by atoms with Gasteiger partial charge in [-0.25, -0.2) is 0 Å². The first-order chi connectivity index (χ1) is 19.9. The summed E-state index contributed by atoms with van der Waals surface area (Å²) in [5, 5.41) is 7.37. The van der Waals surface area contributed by atoms with E-state index < -0.39 is 0 Å². The first-order valence-electron chi connectivity index (χ1n) is 14.3. The Morgan fingerprint density at radius 3 is 2.35 bits per heavy atom. The van der Waals surface area contributed by atoms with Gasteiger partial charge < -0.3 is 4.90 Å². The summed E-state index contributed by atoms with van der Waals surface area (Å²) < 4.78 is 3.06. The zero-order chi connectivity index (χ0) is 25.9. The van der Waals surface area contributed by atoms with Crippen molar-refractivity contribution >= 4 is 77.5 Å². The van der Waals surface area contributed by atoms with Gasteiger partial charge in [-0.2, -0.15) is 0 Å². The second kappa shape index (κ2) is 7.93. The van der Waals surface area contributed by atoms with Gasteiger partial charge in [0.1, 0.15) is 0 Å². The Balaban J connectivity index is 1.28. The van der Waals surface area contributed by atoms with Crippen LogP contribution in [-0.4, -0.2) is 11.9 Å². The number of rotatable bonds is 1. The minimum Gasteiger partial charge on any atom is -0.338 e. The van der Waals surface area contributed by atoms with Crippen molar-refractivity contribution in [2.45, 2.75) is 28.9 Å². The molecule has 0 spiro atoms. The van der Waals surface area contributed by atoms with Crippen molar-refractivity contribution in [2.75, 3.05) is 4.90 Å². The van der Waals surface area contributed by atoms with E-state index in [2.05, 4.69) is 137 Å². The number of allylic oxidation sites excluding steroid dienone is 4. The van der Waals surface area contributed by atoms with Gasteiger partial charge in [-0.1, -0.05) is 97.1 Å². The SMILES string of the molecule is C1=C2C3=C(CC1)N(c1ccccc1)C1c4ccc5ccccc5c4SC1B3c1sc3c(ccc4ccccc43)c12. The zero-order valence-electron chi connectivity index (χ0n) is 21.8. The fourth-order valence-corrected chi connectivity index (χ4v) is 11.3. The molecule has 1 nitrogen and oxygen atoms in total. The number of thiophene rings is 1.